The molecule has 0 radical (unpaired) electrons. The van der Waals surface area contributed by atoms with Gasteiger partial charge in [-0.15, -0.1) is 0 Å². The third-order valence-electron chi connectivity index (χ3n) is 6.08. The number of nitrogens with one attached hydrogen (secondary N) is 1. The van der Waals surface area contributed by atoms with Crippen LogP contribution in [0.15, 0.2) is 42.6 Å². The van der Waals surface area contributed by atoms with Crippen molar-refractivity contribution in [2.24, 2.45) is 7.05 Å². The molecule has 0 unspecified atom stereocenters. The fraction of sp³-hybridized carbons (Fsp3) is 0.333. The van der Waals surface area contributed by atoms with Gasteiger partial charge in [-0.25, -0.2) is 9.87 Å². The zero-order valence-electron chi connectivity index (χ0n) is 15.4. The minimum atomic E-state index is -0.935. The van der Waals surface area contributed by atoms with Gasteiger partial charge in [0.25, 0.3) is 5.91 Å². The van der Waals surface area contributed by atoms with Crippen LogP contribution in [-0.4, -0.2) is 20.9 Å². The van der Waals surface area contributed by atoms with Crippen LogP contribution in [0, 0.1) is 12.7 Å². The summed E-state index contributed by atoms with van der Waals surface area (Å²) in [4.78, 5) is 12.7. The molecule has 2 aromatic carbocycles. The maximum Gasteiger partial charge on any atom is 0.254 e. The molecule has 1 fully saturated rings. The number of aryl methyl sites for hydroxylation is 1. The molecule has 0 bridgehead atoms. The maximum absolute atomic E-state index is 14.2. The molecule has 0 saturated heterocycles. The van der Waals surface area contributed by atoms with Crippen LogP contribution in [0.4, 0.5) is 4.39 Å². The van der Waals surface area contributed by atoms with Gasteiger partial charge in [-0.05, 0) is 67.0 Å². The molecule has 0 aliphatic heterocycles. The molecule has 1 aromatic heterocycles. The minimum Gasteiger partial charge on any atom is -0.289 e. The molecule has 2 atom stereocenters. The molecule has 1 amide bonds. The van der Waals surface area contributed by atoms with Gasteiger partial charge >= 0.3 is 0 Å². The SMILES string of the molecule is Cc1c(F)cccc1[C@]1(C(=O)NO)CC[C@H](c2ccc3c(cnn3C)c2)C1. The Morgan fingerprint density at radius 1 is 1.37 bits per heavy atom. The lowest BCUT2D eigenvalue weighted by Crippen LogP contribution is -2.42. The van der Waals surface area contributed by atoms with Crippen molar-refractivity contribution >= 4 is 16.8 Å². The number of carbonyl (C=O) groups is 1. The second-order valence-electron chi connectivity index (χ2n) is 7.46. The van der Waals surface area contributed by atoms with Crippen LogP contribution in [0.5, 0.6) is 0 Å². The lowest BCUT2D eigenvalue weighted by atomic mass is 9.75. The minimum absolute atomic E-state index is 0.148. The number of nitrogens with zero attached hydrogens (tertiary/aromatic N) is 2. The van der Waals surface area contributed by atoms with Crippen LogP contribution in [0.25, 0.3) is 10.9 Å². The van der Waals surface area contributed by atoms with E-state index >= 15 is 0 Å². The molecule has 0 spiro atoms. The lowest BCUT2D eigenvalue weighted by molar-refractivity contribution is -0.135. The van der Waals surface area contributed by atoms with Gasteiger partial charge in [0.1, 0.15) is 5.82 Å². The number of rotatable bonds is 3. The summed E-state index contributed by atoms with van der Waals surface area (Å²) >= 11 is 0. The topological polar surface area (TPSA) is 67.2 Å². The van der Waals surface area contributed by atoms with Gasteiger partial charge in [0.15, 0.2) is 0 Å². The fourth-order valence-corrected chi connectivity index (χ4v) is 4.57. The van der Waals surface area contributed by atoms with Crippen molar-refractivity contribution in [3.8, 4) is 0 Å². The van der Waals surface area contributed by atoms with E-state index in [0.29, 0.717) is 24.0 Å². The molecule has 140 valence electrons. The predicted octanol–water partition coefficient (Wildman–Crippen LogP) is 3.73. The molecule has 2 N–H and O–H groups in total. The Labute approximate surface area is 156 Å². The van der Waals surface area contributed by atoms with Crippen molar-refractivity contribution in [2.75, 3.05) is 0 Å². The highest BCUT2D eigenvalue weighted by Crippen LogP contribution is 2.49. The second-order valence-corrected chi connectivity index (χ2v) is 7.46. The second kappa shape index (κ2) is 6.46. The van der Waals surface area contributed by atoms with E-state index in [0.717, 1.165) is 22.9 Å². The smallest absolute Gasteiger partial charge is 0.254 e. The van der Waals surface area contributed by atoms with E-state index in [4.69, 9.17) is 0 Å². The highest BCUT2D eigenvalue weighted by Gasteiger charge is 2.48. The van der Waals surface area contributed by atoms with Gasteiger partial charge in [0.2, 0.25) is 0 Å². The Kier molecular flexibility index (Phi) is 4.23. The number of halogens is 1. The van der Waals surface area contributed by atoms with Gasteiger partial charge in [-0.3, -0.25) is 14.7 Å². The van der Waals surface area contributed by atoms with Crippen LogP contribution in [0.3, 0.4) is 0 Å². The normalized spacial score (nSPS) is 22.3. The van der Waals surface area contributed by atoms with Crippen LogP contribution >= 0.6 is 0 Å². The summed E-state index contributed by atoms with van der Waals surface area (Å²) in [6.45, 7) is 1.69. The monoisotopic (exact) mass is 367 g/mol. The molecule has 3 aromatic rings. The number of carbonyl (C=O) groups excluding carboxylic acids is 1. The fourth-order valence-electron chi connectivity index (χ4n) is 4.57. The average Bonchev–Trinajstić information content (AvgIpc) is 3.28. The van der Waals surface area contributed by atoms with Crippen LogP contribution in [-0.2, 0) is 17.3 Å². The first kappa shape index (κ1) is 17.7. The number of hydrogen-bond donors (Lipinski definition) is 2. The zero-order valence-corrected chi connectivity index (χ0v) is 15.4. The van der Waals surface area contributed by atoms with Crippen LogP contribution in [0.1, 0.15) is 41.9 Å². The maximum atomic E-state index is 14.2. The summed E-state index contributed by atoms with van der Waals surface area (Å²) in [5.41, 5.74) is 4.19. The van der Waals surface area contributed by atoms with Gasteiger partial charge in [0, 0.05) is 12.4 Å². The Morgan fingerprint density at radius 2 is 2.19 bits per heavy atom. The van der Waals surface area contributed by atoms with Crippen molar-refractivity contribution in [2.45, 2.75) is 37.5 Å². The summed E-state index contributed by atoms with van der Waals surface area (Å²) < 4.78 is 16.0. The van der Waals surface area contributed by atoms with Crippen molar-refractivity contribution in [3.05, 3.63) is 65.1 Å². The van der Waals surface area contributed by atoms with Crippen molar-refractivity contribution in [3.63, 3.8) is 0 Å². The van der Waals surface area contributed by atoms with Crippen molar-refractivity contribution in [1.29, 1.82) is 0 Å². The number of hydroxylamine groups is 1. The van der Waals surface area contributed by atoms with Crippen molar-refractivity contribution in [1.82, 2.24) is 15.3 Å². The standard InChI is InChI=1S/C21H22FN3O2/c1-13-17(4-3-5-18(13)22)21(20(26)24-27)9-8-15(11-21)14-6-7-19-16(10-14)12-23-25(19)2/h3-7,10,12,15,27H,8-9,11H2,1-2H3,(H,24,26)/t15-,21-/m0/s1. The van der Waals surface area contributed by atoms with Gasteiger partial charge in [-0.1, -0.05) is 18.2 Å². The quantitative estimate of drug-likeness (QED) is 0.547. The summed E-state index contributed by atoms with van der Waals surface area (Å²) in [7, 11) is 1.90. The first-order valence-corrected chi connectivity index (χ1v) is 9.08. The summed E-state index contributed by atoms with van der Waals surface area (Å²) in [5, 5.41) is 14.7. The lowest BCUT2D eigenvalue weighted by Gasteiger charge is -2.29. The molecular formula is C21H22FN3O2. The van der Waals surface area contributed by atoms with Gasteiger partial charge in [-0.2, -0.15) is 5.10 Å². The number of benzene rings is 2. The van der Waals surface area contributed by atoms with E-state index in [1.807, 2.05) is 29.5 Å². The molecule has 5 nitrogen and oxygen atoms in total. The highest BCUT2D eigenvalue weighted by atomic mass is 19.1. The molecule has 27 heavy (non-hydrogen) atoms. The average molecular weight is 367 g/mol. The molecule has 1 aliphatic carbocycles. The Bertz CT molecular complexity index is 1030. The highest BCUT2D eigenvalue weighted by molar-refractivity contribution is 5.88. The summed E-state index contributed by atoms with van der Waals surface area (Å²) in [5.74, 6) is -0.659. The first-order chi connectivity index (χ1) is 13.0. The number of hydrogen-bond acceptors (Lipinski definition) is 3. The Morgan fingerprint density at radius 3 is 2.96 bits per heavy atom. The first-order valence-electron chi connectivity index (χ1n) is 9.08. The van der Waals surface area contributed by atoms with E-state index in [9.17, 15) is 14.4 Å². The summed E-state index contributed by atoms with van der Waals surface area (Å²) in [6, 6.07) is 11.0. The third-order valence-corrected chi connectivity index (χ3v) is 6.08. The number of aromatic nitrogens is 2. The van der Waals surface area contributed by atoms with E-state index in [1.54, 1.807) is 19.1 Å². The molecule has 1 saturated carbocycles. The van der Waals surface area contributed by atoms with Crippen LogP contribution < -0.4 is 5.48 Å². The van der Waals surface area contributed by atoms with E-state index in [-0.39, 0.29) is 11.7 Å². The molecule has 4 rings (SSSR count). The molecule has 1 aliphatic rings. The molecule has 6 heteroatoms. The third kappa shape index (κ3) is 2.72. The number of fused-ring (bicyclic) bond motifs is 1. The van der Waals surface area contributed by atoms with Crippen molar-refractivity contribution < 1.29 is 14.4 Å². The zero-order chi connectivity index (χ0) is 19.2. The number of amides is 1. The van der Waals surface area contributed by atoms with E-state index < -0.39 is 11.3 Å². The van der Waals surface area contributed by atoms with Gasteiger partial charge < -0.3 is 0 Å². The van der Waals surface area contributed by atoms with Gasteiger partial charge in [0.05, 0.1) is 17.1 Å². The largest absolute Gasteiger partial charge is 0.289 e. The Balaban J connectivity index is 1.75. The predicted molar refractivity (Wildman–Crippen MR) is 100 cm³/mol. The molecular weight excluding hydrogens is 345 g/mol. The van der Waals surface area contributed by atoms with E-state index in [1.165, 1.54) is 6.07 Å². The molecule has 1 heterocycles. The summed E-state index contributed by atoms with van der Waals surface area (Å²) in [6.07, 6.45) is 3.70. The Hall–Kier alpha value is -2.73. The van der Waals surface area contributed by atoms with Crippen LogP contribution in [0.2, 0.25) is 0 Å². The van der Waals surface area contributed by atoms with E-state index in [2.05, 4.69) is 17.2 Å².